The van der Waals surface area contributed by atoms with Gasteiger partial charge in [0.25, 0.3) is 0 Å². The number of rotatable bonds is 7. The lowest BCUT2D eigenvalue weighted by atomic mass is 9.79. The van der Waals surface area contributed by atoms with E-state index in [9.17, 15) is 0 Å². The zero-order valence-corrected chi connectivity index (χ0v) is 32.2. The molecule has 0 radical (unpaired) electrons. The number of hydrogen-bond donors (Lipinski definition) is 0. The van der Waals surface area contributed by atoms with Crippen molar-refractivity contribution >= 4 is 35.1 Å². The lowest BCUT2D eigenvalue weighted by Crippen LogP contribution is -2.34. The highest BCUT2D eigenvalue weighted by molar-refractivity contribution is 8.00. The Kier molecular flexibility index (Phi) is 13.5. The van der Waals surface area contributed by atoms with Gasteiger partial charge >= 0.3 is 0 Å². The Morgan fingerprint density at radius 3 is 1.43 bits per heavy atom. The van der Waals surface area contributed by atoms with Gasteiger partial charge in [-0.05, 0) is 137 Å². The maximum atomic E-state index is 7.31. The fraction of sp³-hybridized carbons (Fsp3) is 0.818. The van der Waals surface area contributed by atoms with Crippen molar-refractivity contribution in [1.82, 2.24) is 0 Å². The highest BCUT2D eigenvalue weighted by atomic mass is 35.5. The molecular weight excluding hydrogens is 628 g/mol. The van der Waals surface area contributed by atoms with Gasteiger partial charge < -0.3 is 0 Å². The SMILES string of the molecule is ClC1=C(/C=C/C2CC(C3CCCCC3)SC(C3CCCCC3)C2)CCC/C1=C/C=C1CC(C2CCCCC2)SC(C2CCCCC2)C1. The summed E-state index contributed by atoms with van der Waals surface area (Å²) in [6.45, 7) is 0. The molecule has 4 saturated carbocycles. The molecule has 0 aromatic rings. The van der Waals surface area contributed by atoms with Crippen molar-refractivity contribution in [3.63, 3.8) is 0 Å². The smallest absolute Gasteiger partial charge is 0.0469 e. The molecule has 3 heteroatoms. The van der Waals surface area contributed by atoms with Crippen LogP contribution in [-0.4, -0.2) is 21.0 Å². The topological polar surface area (TPSA) is 0 Å². The molecule has 4 unspecified atom stereocenters. The summed E-state index contributed by atoms with van der Waals surface area (Å²) in [5.74, 6) is 4.62. The lowest BCUT2D eigenvalue weighted by Gasteiger charge is -2.42. The van der Waals surface area contributed by atoms with Gasteiger partial charge in [-0.15, -0.1) is 0 Å². The van der Waals surface area contributed by atoms with Crippen LogP contribution in [0.2, 0.25) is 0 Å². The summed E-state index contributed by atoms with van der Waals surface area (Å²) >= 11 is 12.2. The van der Waals surface area contributed by atoms with E-state index in [0.29, 0.717) is 0 Å². The molecule has 2 aliphatic heterocycles. The molecule has 0 bridgehead atoms. The number of allylic oxidation sites excluding steroid dienone is 8. The van der Waals surface area contributed by atoms with E-state index in [1.807, 2.05) is 0 Å². The van der Waals surface area contributed by atoms with Crippen molar-refractivity contribution in [2.75, 3.05) is 0 Å². The summed E-state index contributed by atoms with van der Waals surface area (Å²) in [6.07, 6.45) is 48.9. The molecule has 7 rings (SSSR count). The summed E-state index contributed by atoms with van der Waals surface area (Å²) < 4.78 is 0. The Hall–Kier alpha value is -0.0500. The van der Waals surface area contributed by atoms with Crippen LogP contribution >= 0.6 is 35.1 Å². The van der Waals surface area contributed by atoms with Gasteiger partial charge in [-0.25, -0.2) is 0 Å². The van der Waals surface area contributed by atoms with E-state index in [0.717, 1.165) is 68.5 Å². The predicted molar refractivity (Wildman–Crippen MR) is 211 cm³/mol. The van der Waals surface area contributed by atoms with Crippen LogP contribution in [0.1, 0.15) is 173 Å². The van der Waals surface area contributed by atoms with Gasteiger partial charge in [0.2, 0.25) is 0 Å². The highest BCUT2D eigenvalue weighted by Gasteiger charge is 2.38. The minimum absolute atomic E-state index is 0.747. The van der Waals surface area contributed by atoms with E-state index in [1.54, 1.807) is 5.57 Å². The Labute approximate surface area is 303 Å². The Morgan fingerprint density at radius 2 is 0.936 bits per heavy atom. The maximum absolute atomic E-state index is 7.31. The number of halogens is 1. The first kappa shape index (κ1) is 35.4. The predicted octanol–water partition coefficient (Wildman–Crippen LogP) is 14.5. The average molecular weight is 696 g/mol. The maximum Gasteiger partial charge on any atom is 0.0469 e. The Balaban J connectivity index is 1.05. The molecule has 4 atom stereocenters. The van der Waals surface area contributed by atoms with E-state index >= 15 is 0 Å². The second kappa shape index (κ2) is 17.9. The van der Waals surface area contributed by atoms with E-state index in [2.05, 4.69) is 47.8 Å². The van der Waals surface area contributed by atoms with Crippen molar-refractivity contribution in [2.24, 2.45) is 29.6 Å². The monoisotopic (exact) mass is 694 g/mol. The van der Waals surface area contributed by atoms with E-state index in [4.69, 9.17) is 11.6 Å². The summed E-state index contributed by atoms with van der Waals surface area (Å²) in [7, 11) is 0. The van der Waals surface area contributed by atoms with Crippen LogP contribution in [-0.2, 0) is 0 Å². The molecule has 0 amide bonds. The normalized spacial score (nSPS) is 36.0. The van der Waals surface area contributed by atoms with Gasteiger partial charge in [-0.2, -0.15) is 23.5 Å². The van der Waals surface area contributed by atoms with Gasteiger partial charge in [-0.3, -0.25) is 0 Å². The molecule has 262 valence electrons. The molecule has 47 heavy (non-hydrogen) atoms. The zero-order chi connectivity index (χ0) is 31.8. The molecule has 2 heterocycles. The molecule has 0 aromatic carbocycles. The quantitative estimate of drug-likeness (QED) is 0.260. The van der Waals surface area contributed by atoms with Gasteiger partial charge in [0.05, 0.1) is 0 Å². The number of thioether (sulfide) groups is 2. The van der Waals surface area contributed by atoms with E-state index in [-0.39, 0.29) is 0 Å². The lowest BCUT2D eigenvalue weighted by molar-refractivity contribution is 0.285. The summed E-state index contributed by atoms with van der Waals surface area (Å²) in [6, 6.07) is 0. The third kappa shape index (κ3) is 9.64. The number of hydrogen-bond acceptors (Lipinski definition) is 2. The standard InChI is InChI=1S/C44H67ClS2/c45-44-38(26-24-32-28-40(34-14-5-1-6-15-34)46-41(29-32)35-16-7-2-8-17-35)22-13-23-39(44)27-25-33-30-42(36-18-9-3-10-19-36)47-43(31-33)37-20-11-4-12-21-37/h24-27,32,34-37,40-43H,1-23,28-31H2/b26-24+,33-25?,39-27-. The minimum atomic E-state index is 0.747. The fourth-order valence-corrected chi connectivity index (χ4v) is 15.6. The summed E-state index contributed by atoms with van der Waals surface area (Å²) in [5.41, 5.74) is 4.60. The third-order valence-electron chi connectivity index (χ3n) is 13.9. The molecular formula is C44H67ClS2. The summed E-state index contributed by atoms with van der Waals surface area (Å²) in [5, 5.41) is 4.61. The first-order chi connectivity index (χ1) is 23.2. The fourth-order valence-electron chi connectivity index (χ4n) is 11.1. The molecule has 0 aromatic heterocycles. The van der Waals surface area contributed by atoms with E-state index in [1.165, 1.54) is 172 Å². The van der Waals surface area contributed by atoms with Crippen LogP contribution in [0.15, 0.2) is 46.1 Å². The molecule has 0 nitrogen and oxygen atoms in total. The Bertz CT molecular complexity index is 1050. The van der Waals surface area contributed by atoms with Crippen molar-refractivity contribution in [3.05, 3.63) is 46.1 Å². The second-order valence-electron chi connectivity index (χ2n) is 17.2. The van der Waals surface area contributed by atoms with Crippen molar-refractivity contribution < 1.29 is 0 Å². The molecule has 6 fully saturated rings. The Morgan fingerprint density at radius 1 is 0.489 bits per heavy atom. The largest absolute Gasteiger partial charge is 0.155 e. The zero-order valence-electron chi connectivity index (χ0n) is 29.8. The van der Waals surface area contributed by atoms with Crippen LogP contribution in [0.4, 0.5) is 0 Å². The summed E-state index contributed by atoms with van der Waals surface area (Å²) in [4.78, 5) is 0. The van der Waals surface area contributed by atoms with Crippen molar-refractivity contribution in [3.8, 4) is 0 Å². The van der Waals surface area contributed by atoms with Gasteiger partial charge in [0, 0.05) is 26.0 Å². The van der Waals surface area contributed by atoms with Gasteiger partial charge in [-0.1, -0.05) is 119 Å². The third-order valence-corrected chi connectivity index (χ3v) is 18.1. The van der Waals surface area contributed by atoms with Crippen molar-refractivity contribution in [2.45, 2.75) is 194 Å². The van der Waals surface area contributed by atoms with Gasteiger partial charge in [0.1, 0.15) is 0 Å². The molecule has 2 saturated heterocycles. The van der Waals surface area contributed by atoms with Crippen LogP contribution in [0.25, 0.3) is 0 Å². The van der Waals surface area contributed by atoms with Crippen molar-refractivity contribution in [1.29, 1.82) is 0 Å². The van der Waals surface area contributed by atoms with Gasteiger partial charge in [0.15, 0.2) is 0 Å². The average Bonchev–Trinajstić information content (AvgIpc) is 3.15. The molecule has 5 aliphatic carbocycles. The van der Waals surface area contributed by atoms with Crippen LogP contribution in [0.5, 0.6) is 0 Å². The van der Waals surface area contributed by atoms with Crippen LogP contribution in [0, 0.1) is 29.6 Å². The highest BCUT2D eigenvalue weighted by Crippen LogP contribution is 2.50. The molecule has 7 aliphatic rings. The first-order valence-corrected chi connectivity index (χ1v) is 23.2. The molecule has 0 N–H and O–H groups in total. The minimum Gasteiger partial charge on any atom is -0.155 e. The molecule has 0 spiro atoms. The van der Waals surface area contributed by atoms with E-state index < -0.39 is 0 Å². The second-order valence-corrected chi connectivity index (χ2v) is 20.6. The first-order valence-electron chi connectivity index (χ1n) is 21.0. The van der Waals surface area contributed by atoms with Crippen LogP contribution in [0.3, 0.4) is 0 Å². The van der Waals surface area contributed by atoms with Crippen LogP contribution < -0.4 is 0 Å².